The van der Waals surface area contributed by atoms with Crippen molar-refractivity contribution in [2.24, 2.45) is 11.8 Å². The number of nitrogens with one attached hydrogen (secondary N) is 1. The minimum absolute atomic E-state index is 0.0167. The van der Waals surface area contributed by atoms with E-state index < -0.39 is 6.09 Å². The normalized spacial score (nSPS) is 24.0. The number of aromatic nitrogens is 3. The number of benzene rings is 1. The molecule has 0 saturated carbocycles. The van der Waals surface area contributed by atoms with E-state index in [1.54, 1.807) is 18.2 Å². The standard InChI is InChI=1S/C16H19N5O3/c22-15(10-1-2-13-14(7-10)18-19-17-13)21-8-11-3-5-20(16(23)24)6-4-12(11)9-21/h1-2,7,11-12H,3-6,8-9H2,(H,23,24)(H,17,18,19)/t11-,12+. The molecule has 126 valence electrons. The first-order valence-electron chi connectivity index (χ1n) is 8.19. The van der Waals surface area contributed by atoms with Crippen LogP contribution in [0.2, 0.25) is 0 Å². The predicted molar refractivity (Wildman–Crippen MR) is 85.6 cm³/mol. The van der Waals surface area contributed by atoms with Crippen molar-refractivity contribution in [3.63, 3.8) is 0 Å². The van der Waals surface area contributed by atoms with Gasteiger partial charge in [-0.2, -0.15) is 15.4 Å². The van der Waals surface area contributed by atoms with Crippen LogP contribution in [-0.4, -0.2) is 68.5 Å². The highest BCUT2D eigenvalue weighted by Crippen LogP contribution is 2.32. The SMILES string of the molecule is O=C(O)N1CC[C@@H]2CN(C(=O)c3ccc4n[nH]nc4c3)C[C@@H]2CC1. The van der Waals surface area contributed by atoms with Gasteiger partial charge in [0.25, 0.3) is 5.91 Å². The van der Waals surface area contributed by atoms with Gasteiger partial charge in [-0.1, -0.05) is 0 Å². The summed E-state index contributed by atoms with van der Waals surface area (Å²) in [6.45, 7) is 2.52. The van der Waals surface area contributed by atoms with E-state index in [0.29, 0.717) is 49.1 Å². The summed E-state index contributed by atoms with van der Waals surface area (Å²) >= 11 is 0. The first-order chi connectivity index (χ1) is 11.6. The van der Waals surface area contributed by atoms with Gasteiger partial charge in [0.05, 0.1) is 0 Å². The fraction of sp³-hybridized carbons (Fsp3) is 0.500. The van der Waals surface area contributed by atoms with Crippen LogP contribution in [0.4, 0.5) is 4.79 Å². The second-order valence-corrected chi connectivity index (χ2v) is 6.60. The van der Waals surface area contributed by atoms with Gasteiger partial charge in [0, 0.05) is 31.7 Å². The Morgan fingerprint density at radius 3 is 2.38 bits per heavy atom. The lowest BCUT2D eigenvalue weighted by molar-refractivity contribution is 0.0779. The molecule has 2 fully saturated rings. The summed E-state index contributed by atoms with van der Waals surface area (Å²) in [6.07, 6.45) is 0.801. The molecular formula is C16H19N5O3. The molecule has 2 atom stereocenters. The quantitative estimate of drug-likeness (QED) is 0.824. The Labute approximate surface area is 138 Å². The van der Waals surface area contributed by atoms with Crippen LogP contribution >= 0.6 is 0 Å². The molecule has 2 saturated heterocycles. The number of carbonyl (C=O) groups is 2. The van der Waals surface area contributed by atoms with Crippen molar-refractivity contribution in [1.29, 1.82) is 0 Å². The van der Waals surface area contributed by atoms with Crippen LogP contribution in [0.1, 0.15) is 23.2 Å². The van der Waals surface area contributed by atoms with E-state index in [4.69, 9.17) is 5.11 Å². The molecule has 24 heavy (non-hydrogen) atoms. The highest BCUT2D eigenvalue weighted by Gasteiger charge is 2.37. The number of carbonyl (C=O) groups excluding carboxylic acids is 1. The van der Waals surface area contributed by atoms with E-state index in [9.17, 15) is 9.59 Å². The van der Waals surface area contributed by atoms with E-state index in [2.05, 4.69) is 15.4 Å². The highest BCUT2D eigenvalue weighted by atomic mass is 16.4. The van der Waals surface area contributed by atoms with Crippen LogP contribution in [0.5, 0.6) is 0 Å². The fourth-order valence-electron chi connectivity index (χ4n) is 3.86. The van der Waals surface area contributed by atoms with Gasteiger partial charge < -0.3 is 14.9 Å². The van der Waals surface area contributed by atoms with Gasteiger partial charge in [0.1, 0.15) is 11.0 Å². The summed E-state index contributed by atoms with van der Waals surface area (Å²) in [4.78, 5) is 27.3. The maximum atomic E-state index is 12.8. The minimum atomic E-state index is -0.844. The van der Waals surface area contributed by atoms with Gasteiger partial charge in [-0.05, 0) is 42.9 Å². The van der Waals surface area contributed by atoms with Crippen molar-refractivity contribution >= 4 is 23.0 Å². The number of nitrogens with zero attached hydrogens (tertiary/aromatic N) is 4. The van der Waals surface area contributed by atoms with Gasteiger partial charge in [-0.3, -0.25) is 4.79 Å². The van der Waals surface area contributed by atoms with E-state index in [-0.39, 0.29) is 5.91 Å². The van der Waals surface area contributed by atoms with Crippen LogP contribution in [0.3, 0.4) is 0 Å². The Bertz CT molecular complexity index is 773. The summed E-state index contributed by atoms with van der Waals surface area (Å²) in [7, 11) is 0. The Morgan fingerprint density at radius 2 is 1.71 bits per heavy atom. The van der Waals surface area contributed by atoms with Gasteiger partial charge in [0.2, 0.25) is 0 Å². The largest absolute Gasteiger partial charge is 0.465 e. The summed E-state index contributed by atoms with van der Waals surface area (Å²) in [5.74, 6) is 0.784. The van der Waals surface area contributed by atoms with Gasteiger partial charge in [-0.15, -0.1) is 0 Å². The monoisotopic (exact) mass is 329 g/mol. The molecule has 3 heterocycles. The van der Waals surface area contributed by atoms with Crippen LogP contribution in [0.25, 0.3) is 11.0 Å². The molecule has 4 rings (SSSR count). The lowest BCUT2D eigenvalue weighted by atomic mass is 9.92. The third-order valence-electron chi connectivity index (χ3n) is 5.24. The Kier molecular flexibility index (Phi) is 3.59. The second-order valence-electron chi connectivity index (χ2n) is 6.60. The fourth-order valence-corrected chi connectivity index (χ4v) is 3.86. The van der Waals surface area contributed by atoms with Gasteiger partial charge in [-0.25, -0.2) is 4.79 Å². The Hall–Kier alpha value is -2.64. The van der Waals surface area contributed by atoms with Gasteiger partial charge >= 0.3 is 6.09 Å². The zero-order valence-corrected chi connectivity index (χ0v) is 13.2. The van der Waals surface area contributed by atoms with Crippen molar-refractivity contribution in [3.8, 4) is 0 Å². The Balaban J connectivity index is 1.47. The third-order valence-corrected chi connectivity index (χ3v) is 5.24. The molecule has 2 aliphatic rings. The maximum absolute atomic E-state index is 12.8. The number of carboxylic acid groups (broad SMARTS) is 1. The predicted octanol–water partition coefficient (Wildman–Crippen LogP) is 1.42. The molecule has 1 aromatic heterocycles. The molecule has 0 radical (unpaired) electrons. The van der Waals surface area contributed by atoms with Gasteiger partial charge in [0.15, 0.2) is 0 Å². The van der Waals surface area contributed by atoms with E-state index in [1.165, 1.54) is 4.90 Å². The number of H-pyrrole nitrogens is 1. The van der Waals surface area contributed by atoms with Crippen molar-refractivity contribution in [3.05, 3.63) is 23.8 Å². The molecule has 0 aliphatic carbocycles. The van der Waals surface area contributed by atoms with Crippen molar-refractivity contribution in [2.75, 3.05) is 26.2 Å². The van der Waals surface area contributed by atoms with Crippen LogP contribution in [-0.2, 0) is 0 Å². The molecule has 8 nitrogen and oxygen atoms in total. The first-order valence-corrected chi connectivity index (χ1v) is 8.19. The van der Waals surface area contributed by atoms with Crippen molar-refractivity contribution in [1.82, 2.24) is 25.2 Å². The average molecular weight is 329 g/mol. The lowest BCUT2D eigenvalue weighted by Gasteiger charge is -2.19. The van der Waals surface area contributed by atoms with Crippen molar-refractivity contribution in [2.45, 2.75) is 12.8 Å². The number of fused-ring (bicyclic) bond motifs is 2. The number of likely N-dealkylation sites (tertiary alicyclic amines) is 2. The molecule has 2 aliphatic heterocycles. The Morgan fingerprint density at radius 1 is 1.04 bits per heavy atom. The summed E-state index contributed by atoms with van der Waals surface area (Å²) < 4.78 is 0. The molecule has 2 N–H and O–H groups in total. The summed E-state index contributed by atoms with van der Waals surface area (Å²) in [6, 6.07) is 5.35. The zero-order valence-electron chi connectivity index (χ0n) is 13.2. The number of hydrogen-bond donors (Lipinski definition) is 2. The molecule has 8 heteroatoms. The molecule has 2 amide bonds. The molecule has 0 unspecified atom stereocenters. The second kappa shape index (κ2) is 5.77. The third kappa shape index (κ3) is 2.57. The number of amides is 2. The smallest absolute Gasteiger partial charge is 0.407 e. The van der Waals surface area contributed by atoms with Crippen LogP contribution < -0.4 is 0 Å². The molecule has 0 spiro atoms. The molecule has 1 aromatic carbocycles. The first kappa shape index (κ1) is 14.9. The lowest BCUT2D eigenvalue weighted by Crippen LogP contribution is -2.33. The topological polar surface area (TPSA) is 102 Å². The number of aromatic amines is 1. The molecule has 2 aromatic rings. The van der Waals surface area contributed by atoms with Crippen molar-refractivity contribution < 1.29 is 14.7 Å². The highest BCUT2D eigenvalue weighted by molar-refractivity contribution is 5.97. The summed E-state index contributed by atoms with van der Waals surface area (Å²) in [5.41, 5.74) is 2.05. The van der Waals surface area contributed by atoms with E-state index in [1.807, 2.05) is 4.90 Å². The van der Waals surface area contributed by atoms with E-state index in [0.717, 1.165) is 18.4 Å². The van der Waals surface area contributed by atoms with Crippen LogP contribution in [0, 0.1) is 11.8 Å². The minimum Gasteiger partial charge on any atom is -0.465 e. The maximum Gasteiger partial charge on any atom is 0.407 e. The average Bonchev–Trinajstić information content (AvgIpc) is 3.15. The van der Waals surface area contributed by atoms with E-state index >= 15 is 0 Å². The molecular weight excluding hydrogens is 310 g/mol. The summed E-state index contributed by atoms with van der Waals surface area (Å²) in [5, 5.41) is 19.7. The zero-order chi connectivity index (χ0) is 16.7. The number of rotatable bonds is 1. The molecule has 0 bridgehead atoms. The van der Waals surface area contributed by atoms with Crippen LogP contribution in [0.15, 0.2) is 18.2 Å². The number of hydrogen-bond acceptors (Lipinski definition) is 4.